The number of nitrogens with one attached hydrogen (secondary N) is 1. The summed E-state index contributed by atoms with van der Waals surface area (Å²) >= 11 is 0. The minimum atomic E-state index is -1.20. The maximum atomic E-state index is 10.4. The Balaban J connectivity index is 2.44. The minimum Gasteiger partial charge on any atom is -0.381 e. The predicted molar refractivity (Wildman–Crippen MR) is 44.7 cm³/mol. The lowest BCUT2D eigenvalue weighted by atomic mass is 10.3. The number of aliphatic hydroxyl groups excluding tert-OH is 1. The molecule has 0 saturated heterocycles. The number of aryl methyl sites for hydroxylation is 1. The highest BCUT2D eigenvalue weighted by atomic mass is 16.3. The normalized spacial score (nSPS) is 12.5. The molecule has 1 aromatic heterocycles. The second-order valence-electron chi connectivity index (χ2n) is 2.54. The van der Waals surface area contributed by atoms with Crippen LogP contribution in [0.15, 0.2) is 6.20 Å². The number of nitrogens with zero attached hydrogens (tertiary/aromatic N) is 3. The van der Waals surface area contributed by atoms with Crippen molar-refractivity contribution >= 4 is 11.7 Å². The van der Waals surface area contributed by atoms with Crippen LogP contribution >= 0.6 is 0 Å². The largest absolute Gasteiger partial charge is 0.381 e. The number of aromatic nitrogens is 3. The van der Waals surface area contributed by atoms with Crippen LogP contribution in [0.4, 0.5) is 5.82 Å². The summed E-state index contributed by atoms with van der Waals surface area (Å²) < 4.78 is 1.48. The van der Waals surface area contributed by atoms with E-state index in [4.69, 9.17) is 10.8 Å². The molecule has 1 heterocycles. The maximum absolute atomic E-state index is 10.4. The van der Waals surface area contributed by atoms with Gasteiger partial charge in [-0.25, -0.2) is 4.68 Å². The lowest BCUT2D eigenvalue weighted by Crippen LogP contribution is -2.34. The standard InChI is InChI=1S/C6H11N5O2/c1-11-5(3-9-10-11)8-2-4(12)6(7)13/h3-4,8,12H,2H2,1H3,(H2,7,13). The molecule has 72 valence electrons. The van der Waals surface area contributed by atoms with Crippen LogP contribution in [0.5, 0.6) is 0 Å². The third-order valence-corrected chi connectivity index (χ3v) is 1.52. The quantitative estimate of drug-likeness (QED) is 0.506. The Morgan fingerprint density at radius 2 is 2.62 bits per heavy atom. The van der Waals surface area contributed by atoms with E-state index in [9.17, 15) is 4.79 Å². The summed E-state index contributed by atoms with van der Waals surface area (Å²) in [6.07, 6.45) is 0.281. The third kappa shape index (κ3) is 2.41. The second kappa shape index (κ2) is 3.85. The van der Waals surface area contributed by atoms with E-state index in [0.717, 1.165) is 0 Å². The van der Waals surface area contributed by atoms with Crippen molar-refractivity contribution in [2.45, 2.75) is 6.10 Å². The fourth-order valence-corrected chi connectivity index (χ4v) is 0.752. The van der Waals surface area contributed by atoms with Crippen molar-refractivity contribution in [1.29, 1.82) is 0 Å². The Labute approximate surface area is 74.5 Å². The molecular weight excluding hydrogens is 174 g/mol. The van der Waals surface area contributed by atoms with Gasteiger partial charge in [0.25, 0.3) is 0 Å². The predicted octanol–water partition coefficient (Wildman–Crippen LogP) is -1.93. The number of aliphatic hydroxyl groups is 1. The van der Waals surface area contributed by atoms with Crippen LogP contribution in [0.3, 0.4) is 0 Å². The fraction of sp³-hybridized carbons (Fsp3) is 0.500. The van der Waals surface area contributed by atoms with Gasteiger partial charge in [0.1, 0.15) is 11.9 Å². The number of hydrogen-bond donors (Lipinski definition) is 3. The monoisotopic (exact) mass is 185 g/mol. The van der Waals surface area contributed by atoms with Crippen LogP contribution in [0.2, 0.25) is 0 Å². The molecule has 0 aromatic carbocycles. The van der Waals surface area contributed by atoms with E-state index in [1.54, 1.807) is 7.05 Å². The van der Waals surface area contributed by atoms with Gasteiger partial charge in [-0.15, -0.1) is 5.10 Å². The number of hydrogen-bond acceptors (Lipinski definition) is 5. The Hall–Kier alpha value is -1.63. The average Bonchev–Trinajstić information content (AvgIpc) is 2.47. The molecule has 0 aliphatic heterocycles. The number of rotatable bonds is 4. The first-order valence-corrected chi connectivity index (χ1v) is 3.67. The maximum Gasteiger partial charge on any atom is 0.248 e. The lowest BCUT2D eigenvalue weighted by Gasteiger charge is -2.08. The van der Waals surface area contributed by atoms with Gasteiger partial charge in [0.05, 0.1) is 12.7 Å². The van der Waals surface area contributed by atoms with Gasteiger partial charge in [0, 0.05) is 7.05 Å². The van der Waals surface area contributed by atoms with Gasteiger partial charge < -0.3 is 16.2 Å². The topological polar surface area (TPSA) is 106 Å². The molecule has 7 nitrogen and oxygen atoms in total. The summed E-state index contributed by atoms with van der Waals surface area (Å²) in [5.41, 5.74) is 4.85. The van der Waals surface area contributed by atoms with E-state index < -0.39 is 12.0 Å². The number of carbonyl (C=O) groups excluding carboxylic acids is 1. The minimum absolute atomic E-state index is 0.0521. The first-order valence-electron chi connectivity index (χ1n) is 3.67. The van der Waals surface area contributed by atoms with Crippen molar-refractivity contribution in [2.75, 3.05) is 11.9 Å². The van der Waals surface area contributed by atoms with Crippen molar-refractivity contribution in [3.05, 3.63) is 6.20 Å². The highest BCUT2D eigenvalue weighted by molar-refractivity contribution is 5.79. The highest BCUT2D eigenvalue weighted by Crippen LogP contribution is 1.99. The molecule has 0 aliphatic carbocycles. The lowest BCUT2D eigenvalue weighted by molar-refractivity contribution is -0.125. The molecule has 0 saturated carbocycles. The Morgan fingerprint density at radius 3 is 3.08 bits per heavy atom. The second-order valence-corrected chi connectivity index (χ2v) is 2.54. The van der Waals surface area contributed by atoms with Gasteiger partial charge in [0.15, 0.2) is 0 Å². The van der Waals surface area contributed by atoms with Gasteiger partial charge in [-0.3, -0.25) is 4.79 Å². The molecule has 13 heavy (non-hydrogen) atoms. The Kier molecular flexibility index (Phi) is 2.80. The van der Waals surface area contributed by atoms with Crippen molar-refractivity contribution in [1.82, 2.24) is 15.0 Å². The molecule has 0 bridgehead atoms. The van der Waals surface area contributed by atoms with Crippen molar-refractivity contribution < 1.29 is 9.90 Å². The average molecular weight is 185 g/mol. The summed E-state index contributed by atoms with van der Waals surface area (Å²) in [5.74, 6) is -0.150. The van der Waals surface area contributed by atoms with Crippen LogP contribution in [-0.2, 0) is 11.8 Å². The molecule has 1 rings (SSSR count). The highest BCUT2D eigenvalue weighted by Gasteiger charge is 2.10. The van der Waals surface area contributed by atoms with Gasteiger partial charge >= 0.3 is 0 Å². The summed E-state index contributed by atoms with van der Waals surface area (Å²) in [6.45, 7) is 0.0521. The zero-order chi connectivity index (χ0) is 9.84. The fourth-order valence-electron chi connectivity index (χ4n) is 0.752. The Bertz CT molecular complexity index is 297. The molecule has 0 radical (unpaired) electrons. The van der Waals surface area contributed by atoms with E-state index in [-0.39, 0.29) is 6.54 Å². The number of nitrogens with two attached hydrogens (primary N) is 1. The molecule has 1 unspecified atom stereocenters. The smallest absolute Gasteiger partial charge is 0.248 e. The number of primary amides is 1. The van der Waals surface area contributed by atoms with Crippen molar-refractivity contribution in [3.63, 3.8) is 0 Å². The summed E-state index contributed by atoms with van der Waals surface area (Å²) in [4.78, 5) is 10.4. The summed E-state index contributed by atoms with van der Waals surface area (Å²) in [6, 6.07) is 0. The first kappa shape index (κ1) is 9.46. The number of amides is 1. The molecule has 1 atom stereocenters. The van der Waals surface area contributed by atoms with Crippen LogP contribution in [0.25, 0.3) is 0 Å². The molecule has 1 amide bonds. The van der Waals surface area contributed by atoms with Crippen LogP contribution < -0.4 is 11.1 Å². The van der Waals surface area contributed by atoms with E-state index in [1.807, 2.05) is 0 Å². The molecule has 7 heteroatoms. The Morgan fingerprint density at radius 1 is 1.92 bits per heavy atom. The molecule has 0 spiro atoms. The zero-order valence-electron chi connectivity index (χ0n) is 7.14. The zero-order valence-corrected chi connectivity index (χ0v) is 7.14. The van der Waals surface area contributed by atoms with Crippen LogP contribution in [0, 0.1) is 0 Å². The molecule has 0 fully saturated rings. The van der Waals surface area contributed by atoms with E-state index in [2.05, 4.69) is 15.6 Å². The van der Waals surface area contributed by atoms with Gasteiger partial charge in [-0.05, 0) is 0 Å². The molecule has 1 aromatic rings. The summed E-state index contributed by atoms with van der Waals surface area (Å²) in [7, 11) is 1.69. The molecular formula is C6H11N5O2. The van der Waals surface area contributed by atoms with Gasteiger partial charge in [0.2, 0.25) is 5.91 Å². The van der Waals surface area contributed by atoms with E-state index in [1.165, 1.54) is 10.9 Å². The number of anilines is 1. The van der Waals surface area contributed by atoms with Crippen molar-refractivity contribution in [2.24, 2.45) is 12.8 Å². The molecule has 4 N–H and O–H groups in total. The third-order valence-electron chi connectivity index (χ3n) is 1.52. The van der Waals surface area contributed by atoms with Crippen LogP contribution in [-0.4, -0.2) is 38.7 Å². The van der Waals surface area contributed by atoms with Crippen molar-refractivity contribution in [3.8, 4) is 0 Å². The first-order chi connectivity index (χ1) is 6.11. The van der Waals surface area contributed by atoms with Gasteiger partial charge in [-0.1, -0.05) is 5.21 Å². The summed E-state index contributed by atoms with van der Waals surface area (Å²) in [5, 5.41) is 19.0. The van der Waals surface area contributed by atoms with Gasteiger partial charge in [-0.2, -0.15) is 0 Å². The van der Waals surface area contributed by atoms with Crippen LogP contribution in [0.1, 0.15) is 0 Å². The van der Waals surface area contributed by atoms with E-state index >= 15 is 0 Å². The van der Waals surface area contributed by atoms with E-state index in [0.29, 0.717) is 5.82 Å². The SMILES string of the molecule is Cn1nncc1NCC(O)C(N)=O. The number of carbonyl (C=O) groups is 1. The molecule has 0 aliphatic rings.